The number of alkyl halides is 3. The Kier molecular flexibility index (Phi) is 4.46. The van der Waals surface area contributed by atoms with Crippen molar-refractivity contribution in [2.45, 2.75) is 6.18 Å². The summed E-state index contributed by atoms with van der Waals surface area (Å²) in [5.41, 5.74) is -1.23. The molecule has 0 aliphatic rings. The summed E-state index contributed by atoms with van der Waals surface area (Å²) >= 11 is 17.2. The van der Waals surface area contributed by atoms with Crippen molar-refractivity contribution in [1.82, 2.24) is 4.98 Å². The summed E-state index contributed by atoms with van der Waals surface area (Å²) in [6.07, 6.45) is -4.63. The number of rotatable bonds is 2. The van der Waals surface area contributed by atoms with Crippen LogP contribution in [0.5, 0.6) is 0 Å². The van der Waals surface area contributed by atoms with Gasteiger partial charge in [-0.25, -0.2) is 4.98 Å². The van der Waals surface area contributed by atoms with Crippen LogP contribution in [0.1, 0.15) is 21.6 Å². The molecule has 0 unspecified atom stereocenters. The maximum atomic E-state index is 12.5. The van der Waals surface area contributed by atoms with Crippen LogP contribution in [0.25, 0.3) is 0 Å². The van der Waals surface area contributed by atoms with E-state index < -0.39 is 22.8 Å². The van der Waals surface area contributed by atoms with Gasteiger partial charge in [0.2, 0.25) is 0 Å². The van der Waals surface area contributed by atoms with Crippen LogP contribution in [0.15, 0.2) is 30.3 Å². The molecule has 2 nitrogen and oxygen atoms in total. The molecule has 0 aliphatic carbocycles. The molecule has 0 amide bonds. The van der Waals surface area contributed by atoms with E-state index in [1.807, 2.05) is 0 Å². The lowest BCUT2D eigenvalue weighted by molar-refractivity contribution is -0.141. The highest BCUT2D eigenvalue weighted by atomic mass is 35.5. The Bertz CT molecular complexity index is 696. The molecule has 110 valence electrons. The average molecular weight is 355 g/mol. The number of carbonyl (C=O) groups is 1. The molecule has 0 spiro atoms. The summed E-state index contributed by atoms with van der Waals surface area (Å²) in [6.45, 7) is 0. The molecule has 0 bridgehead atoms. The molecule has 2 aromatic rings. The zero-order valence-corrected chi connectivity index (χ0v) is 12.3. The van der Waals surface area contributed by atoms with E-state index >= 15 is 0 Å². The minimum Gasteiger partial charge on any atom is -0.288 e. The predicted octanol–water partition coefficient (Wildman–Crippen LogP) is 5.29. The van der Waals surface area contributed by atoms with E-state index in [2.05, 4.69) is 4.98 Å². The molecule has 2 rings (SSSR count). The normalized spacial score (nSPS) is 11.5. The van der Waals surface area contributed by atoms with Crippen molar-refractivity contribution in [2.24, 2.45) is 0 Å². The average Bonchev–Trinajstić information content (AvgIpc) is 2.35. The molecule has 1 heterocycles. The molecule has 8 heteroatoms. The number of aromatic nitrogens is 1. The SMILES string of the molecule is O=C(c1cc(Cl)cc(Cl)c1)c1ccc(C(F)(F)F)nc1Cl. The van der Waals surface area contributed by atoms with Gasteiger partial charge in [-0.1, -0.05) is 34.8 Å². The van der Waals surface area contributed by atoms with Gasteiger partial charge in [0.1, 0.15) is 10.8 Å². The van der Waals surface area contributed by atoms with Gasteiger partial charge in [0, 0.05) is 15.6 Å². The van der Waals surface area contributed by atoms with Gasteiger partial charge < -0.3 is 0 Å². The van der Waals surface area contributed by atoms with Gasteiger partial charge in [0.15, 0.2) is 5.78 Å². The van der Waals surface area contributed by atoms with Crippen LogP contribution in [0.2, 0.25) is 15.2 Å². The summed E-state index contributed by atoms with van der Waals surface area (Å²) in [6, 6.07) is 5.75. The fourth-order valence-electron chi connectivity index (χ4n) is 1.60. The number of carbonyl (C=O) groups excluding carboxylic acids is 1. The van der Waals surface area contributed by atoms with E-state index in [4.69, 9.17) is 34.8 Å². The topological polar surface area (TPSA) is 30.0 Å². The van der Waals surface area contributed by atoms with E-state index in [0.29, 0.717) is 6.07 Å². The fourth-order valence-corrected chi connectivity index (χ4v) is 2.37. The van der Waals surface area contributed by atoms with Gasteiger partial charge in [-0.05, 0) is 30.3 Å². The van der Waals surface area contributed by atoms with Crippen molar-refractivity contribution in [3.63, 3.8) is 0 Å². The molecule has 0 saturated carbocycles. The lowest BCUT2D eigenvalue weighted by atomic mass is 10.0. The van der Waals surface area contributed by atoms with E-state index in [1.54, 1.807) is 0 Å². The third-order valence-electron chi connectivity index (χ3n) is 2.51. The Morgan fingerprint density at radius 3 is 2.05 bits per heavy atom. The first-order valence-corrected chi connectivity index (χ1v) is 6.56. The molecule has 0 N–H and O–H groups in total. The van der Waals surface area contributed by atoms with E-state index in [9.17, 15) is 18.0 Å². The van der Waals surface area contributed by atoms with Crippen molar-refractivity contribution in [2.75, 3.05) is 0 Å². The van der Waals surface area contributed by atoms with Crippen molar-refractivity contribution in [3.8, 4) is 0 Å². The minimum absolute atomic E-state index is 0.107. The van der Waals surface area contributed by atoms with E-state index in [-0.39, 0.29) is 21.2 Å². The van der Waals surface area contributed by atoms with Gasteiger partial charge >= 0.3 is 6.18 Å². The lowest BCUT2D eigenvalue weighted by Crippen LogP contribution is -2.11. The first-order chi connectivity index (χ1) is 9.68. The smallest absolute Gasteiger partial charge is 0.288 e. The van der Waals surface area contributed by atoms with E-state index in [0.717, 1.165) is 6.07 Å². The zero-order chi connectivity index (χ0) is 15.8. The Balaban J connectivity index is 2.44. The van der Waals surface area contributed by atoms with Crippen molar-refractivity contribution in [1.29, 1.82) is 0 Å². The zero-order valence-electron chi connectivity index (χ0n) is 10.0. The van der Waals surface area contributed by atoms with Crippen molar-refractivity contribution >= 4 is 40.6 Å². The Morgan fingerprint density at radius 1 is 1.00 bits per heavy atom. The second-order valence-corrected chi connectivity index (χ2v) is 5.25. The number of halogens is 6. The van der Waals surface area contributed by atoms with Crippen LogP contribution in [-0.2, 0) is 6.18 Å². The van der Waals surface area contributed by atoms with Crippen LogP contribution < -0.4 is 0 Å². The largest absolute Gasteiger partial charge is 0.433 e. The molecule has 0 aliphatic heterocycles. The first-order valence-electron chi connectivity index (χ1n) is 5.43. The van der Waals surface area contributed by atoms with Gasteiger partial charge in [0.05, 0.1) is 5.56 Å². The second-order valence-electron chi connectivity index (χ2n) is 4.02. The van der Waals surface area contributed by atoms with Crippen LogP contribution >= 0.6 is 34.8 Å². The summed E-state index contributed by atoms with van der Waals surface area (Å²) in [5, 5.41) is -0.0883. The summed E-state index contributed by atoms with van der Waals surface area (Å²) in [5.74, 6) is -0.620. The maximum absolute atomic E-state index is 12.5. The summed E-state index contributed by atoms with van der Waals surface area (Å²) < 4.78 is 37.5. The third kappa shape index (κ3) is 3.67. The Hall–Kier alpha value is -1.30. The molecular formula is C13H5Cl3F3NO. The summed E-state index contributed by atoms with van der Waals surface area (Å²) in [7, 11) is 0. The van der Waals surface area contributed by atoms with Crippen LogP contribution in [0.3, 0.4) is 0 Å². The number of nitrogens with zero attached hydrogens (tertiary/aromatic N) is 1. The van der Waals surface area contributed by atoms with Gasteiger partial charge in [-0.2, -0.15) is 13.2 Å². The Morgan fingerprint density at radius 2 is 1.57 bits per heavy atom. The molecule has 1 aromatic carbocycles. The molecular weight excluding hydrogens is 350 g/mol. The van der Waals surface area contributed by atoms with Crippen LogP contribution in [-0.4, -0.2) is 10.8 Å². The predicted molar refractivity (Wildman–Crippen MR) is 74.1 cm³/mol. The van der Waals surface area contributed by atoms with Crippen molar-refractivity contribution in [3.05, 3.63) is 62.4 Å². The van der Waals surface area contributed by atoms with Gasteiger partial charge in [-0.3, -0.25) is 4.79 Å². The number of hydrogen-bond acceptors (Lipinski definition) is 2. The second kappa shape index (κ2) is 5.83. The molecule has 1 aromatic heterocycles. The van der Waals surface area contributed by atoms with Crippen molar-refractivity contribution < 1.29 is 18.0 Å². The highest BCUT2D eigenvalue weighted by Crippen LogP contribution is 2.30. The monoisotopic (exact) mass is 353 g/mol. The number of ketones is 1. The number of hydrogen-bond donors (Lipinski definition) is 0. The van der Waals surface area contributed by atoms with Gasteiger partial charge in [-0.15, -0.1) is 0 Å². The van der Waals surface area contributed by atoms with Gasteiger partial charge in [0.25, 0.3) is 0 Å². The number of pyridine rings is 1. The van der Waals surface area contributed by atoms with Crippen LogP contribution in [0, 0.1) is 0 Å². The maximum Gasteiger partial charge on any atom is 0.433 e. The molecule has 21 heavy (non-hydrogen) atoms. The first kappa shape index (κ1) is 16.1. The quantitative estimate of drug-likeness (QED) is 0.542. The highest BCUT2D eigenvalue weighted by molar-refractivity contribution is 6.36. The van der Waals surface area contributed by atoms with E-state index in [1.165, 1.54) is 18.2 Å². The highest BCUT2D eigenvalue weighted by Gasteiger charge is 2.33. The lowest BCUT2D eigenvalue weighted by Gasteiger charge is -2.08. The fraction of sp³-hybridized carbons (Fsp3) is 0.0769. The molecule has 0 fully saturated rings. The number of benzene rings is 1. The summed E-state index contributed by atoms with van der Waals surface area (Å²) in [4.78, 5) is 15.4. The standard InChI is InChI=1S/C13H5Cl3F3NO/c14-7-3-6(4-8(15)5-7)11(21)9-1-2-10(13(17,18)19)20-12(9)16/h1-5H. The van der Waals surface area contributed by atoms with Crippen LogP contribution in [0.4, 0.5) is 13.2 Å². The molecule has 0 radical (unpaired) electrons. The molecule has 0 atom stereocenters. The minimum atomic E-state index is -4.63. The molecule has 0 saturated heterocycles. The Labute approximate surface area is 132 Å². The third-order valence-corrected chi connectivity index (χ3v) is 3.23.